The first-order valence-electron chi connectivity index (χ1n) is 8.33. The molecule has 132 valence electrons. The lowest BCUT2D eigenvalue weighted by Gasteiger charge is -2.08. The molecule has 0 saturated carbocycles. The molecule has 0 fully saturated rings. The predicted octanol–water partition coefficient (Wildman–Crippen LogP) is 3.81. The van der Waals surface area contributed by atoms with Gasteiger partial charge in [-0.15, -0.1) is 0 Å². The molecule has 5 heteroatoms. The van der Waals surface area contributed by atoms with Crippen molar-refractivity contribution in [1.82, 2.24) is 0 Å². The minimum Gasteiger partial charge on any atom is -0.494 e. The molecule has 0 aliphatic heterocycles. The molecule has 0 saturated heterocycles. The monoisotopic (exact) mass is 341 g/mol. The number of carbonyl (C=O) groups excluding carboxylic acids is 1. The molecule has 2 aromatic carbocycles. The Labute approximate surface area is 147 Å². The predicted molar refractivity (Wildman–Crippen MR) is 96.9 cm³/mol. The number of amides is 1. The average Bonchev–Trinajstić information content (AvgIpc) is 2.54. The smallest absolute Gasteiger partial charge is 0.307 e. The molecule has 0 bridgehead atoms. The van der Waals surface area contributed by atoms with Crippen LogP contribution in [0.3, 0.4) is 0 Å². The van der Waals surface area contributed by atoms with Gasteiger partial charge in [0.1, 0.15) is 5.75 Å². The fourth-order valence-corrected chi connectivity index (χ4v) is 2.44. The van der Waals surface area contributed by atoms with Gasteiger partial charge in [0.2, 0.25) is 5.91 Å². The Balaban J connectivity index is 1.68. The molecule has 2 aromatic rings. The number of anilines is 1. The van der Waals surface area contributed by atoms with Gasteiger partial charge in [0.15, 0.2) is 0 Å². The molecule has 0 unspecified atom stereocenters. The number of nitrogens with one attached hydrogen (secondary N) is 1. The van der Waals surface area contributed by atoms with Crippen LogP contribution in [0.2, 0.25) is 0 Å². The highest BCUT2D eigenvalue weighted by Gasteiger charge is 2.05. The largest absolute Gasteiger partial charge is 0.494 e. The van der Waals surface area contributed by atoms with E-state index in [1.54, 1.807) is 24.3 Å². The number of benzene rings is 2. The van der Waals surface area contributed by atoms with Crippen LogP contribution in [0.1, 0.15) is 30.4 Å². The third kappa shape index (κ3) is 7.08. The van der Waals surface area contributed by atoms with Gasteiger partial charge >= 0.3 is 5.97 Å². The second-order valence-corrected chi connectivity index (χ2v) is 5.94. The van der Waals surface area contributed by atoms with Gasteiger partial charge in [0.25, 0.3) is 0 Å². The fourth-order valence-electron chi connectivity index (χ4n) is 2.44. The maximum atomic E-state index is 12.0. The molecule has 0 heterocycles. The first-order chi connectivity index (χ1) is 12.0. The van der Waals surface area contributed by atoms with Crippen molar-refractivity contribution in [3.63, 3.8) is 0 Å². The van der Waals surface area contributed by atoms with Crippen LogP contribution in [0.5, 0.6) is 5.75 Å². The van der Waals surface area contributed by atoms with Crippen molar-refractivity contribution in [2.45, 2.75) is 32.6 Å². The lowest BCUT2D eigenvalue weighted by molar-refractivity contribution is -0.136. The summed E-state index contributed by atoms with van der Waals surface area (Å²) in [5.74, 6) is -0.125. The maximum absolute atomic E-state index is 12.0. The highest BCUT2D eigenvalue weighted by molar-refractivity contribution is 5.90. The summed E-state index contributed by atoms with van der Waals surface area (Å²) in [5, 5.41) is 11.6. The Morgan fingerprint density at radius 3 is 2.64 bits per heavy atom. The molecule has 0 radical (unpaired) electrons. The highest BCUT2D eigenvalue weighted by Crippen LogP contribution is 2.14. The zero-order valence-electron chi connectivity index (χ0n) is 14.3. The minimum atomic E-state index is -0.892. The summed E-state index contributed by atoms with van der Waals surface area (Å²) < 4.78 is 5.65. The van der Waals surface area contributed by atoms with Crippen LogP contribution in [0.4, 0.5) is 5.69 Å². The number of ether oxygens (including phenoxy) is 1. The number of hydrogen-bond acceptors (Lipinski definition) is 3. The van der Waals surface area contributed by atoms with E-state index in [1.165, 1.54) is 0 Å². The lowest BCUT2D eigenvalue weighted by atomic mass is 10.1. The van der Waals surface area contributed by atoms with Gasteiger partial charge in [-0.2, -0.15) is 0 Å². The number of unbranched alkanes of at least 4 members (excludes halogenated alkanes) is 1. The SMILES string of the molecule is Cc1cccc(OCCCCC(=O)Nc2cccc(CC(=O)O)c2)c1. The molecule has 0 spiro atoms. The topological polar surface area (TPSA) is 75.6 Å². The summed E-state index contributed by atoms with van der Waals surface area (Å²) in [6, 6.07) is 14.8. The molecule has 1 amide bonds. The molecule has 25 heavy (non-hydrogen) atoms. The van der Waals surface area contributed by atoms with E-state index >= 15 is 0 Å². The average molecular weight is 341 g/mol. The van der Waals surface area contributed by atoms with E-state index < -0.39 is 5.97 Å². The van der Waals surface area contributed by atoms with Crippen molar-refractivity contribution in [3.8, 4) is 5.75 Å². The van der Waals surface area contributed by atoms with Crippen molar-refractivity contribution in [1.29, 1.82) is 0 Å². The number of hydrogen-bond donors (Lipinski definition) is 2. The maximum Gasteiger partial charge on any atom is 0.307 e. The summed E-state index contributed by atoms with van der Waals surface area (Å²) in [6.07, 6.45) is 1.87. The van der Waals surface area contributed by atoms with E-state index in [-0.39, 0.29) is 12.3 Å². The summed E-state index contributed by atoms with van der Waals surface area (Å²) >= 11 is 0. The Morgan fingerprint density at radius 1 is 1.08 bits per heavy atom. The van der Waals surface area contributed by atoms with Crippen LogP contribution in [-0.2, 0) is 16.0 Å². The molecule has 0 aromatic heterocycles. The minimum absolute atomic E-state index is 0.0555. The third-order valence-electron chi connectivity index (χ3n) is 3.62. The Kier molecular flexibility index (Phi) is 7.01. The van der Waals surface area contributed by atoms with Gasteiger partial charge in [-0.3, -0.25) is 9.59 Å². The summed E-state index contributed by atoms with van der Waals surface area (Å²) in [6.45, 7) is 2.59. The normalized spacial score (nSPS) is 10.3. The number of carbonyl (C=O) groups is 2. The molecular formula is C20H23NO4. The molecule has 0 atom stereocenters. The first-order valence-corrected chi connectivity index (χ1v) is 8.33. The van der Waals surface area contributed by atoms with Gasteiger partial charge in [0, 0.05) is 12.1 Å². The fraction of sp³-hybridized carbons (Fsp3) is 0.300. The summed E-state index contributed by atoms with van der Waals surface area (Å²) in [7, 11) is 0. The number of carboxylic acids is 1. The van der Waals surface area contributed by atoms with Crippen molar-refractivity contribution < 1.29 is 19.4 Å². The van der Waals surface area contributed by atoms with E-state index in [9.17, 15) is 9.59 Å². The van der Waals surface area contributed by atoms with Gasteiger partial charge in [-0.05, 0) is 55.2 Å². The third-order valence-corrected chi connectivity index (χ3v) is 3.62. The van der Waals surface area contributed by atoms with Crippen molar-refractivity contribution in [2.75, 3.05) is 11.9 Å². The van der Waals surface area contributed by atoms with Crippen LogP contribution in [0, 0.1) is 6.92 Å². The van der Waals surface area contributed by atoms with Gasteiger partial charge < -0.3 is 15.2 Å². The second-order valence-electron chi connectivity index (χ2n) is 5.94. The van der Waals surface area contributed by atoms with Crippen LogP contribution in [-0.4, -0.2) is 23.6 Å². The molecule has 2 N–H and O–H groups in total. The number of rotatable bonds is 9. The summed E-state index contributed by atoms with van der Waals surface area (Å²) in [4.78, 5) is 22.7. The van der Waals surface area contributed by atoms with Gasteiger partial charge in [-0.1, -0.05) is 24.3 Å². The van der Waals surface area contributed by atoms with Crippen LogP contribution >= 0.6 is 0 Å². The Morgan fingerprint density at radius 2 is 1.88 bits per heavy atom. The van der Waals surface area contributed by atoms with E-state index in [0.717, 1.165) is 24.2 Å². The number of aliphatic carboxylic acids is 1. The summed E-state index contributed by atoms with van der Waals surface area (Å²) in [5.41, 5.74) is 2.44. The lowest BCUT2D eigenvalue weighted by Crippen LogP contribution is -2.12. The molecular weight excluding hydrogens is 318 g/mol. The molecule has 0 aliphatic rings. The van der Waals surface area contributed by atoms with E-state index in [4.69, 9.17) is 9.84 Å². The Bertz CT molecular complexity index is 727. The van der Waals surface area contributed by atoms with Crippen LogP contribution < -0.4 is 10.1 Å². The van der Waals surface area contributed by atoms with E-state index in [1.807, 2.05) is 31.2 Å². The molecule has 5 nitrogen and oxygen atoms in total. The molecule has 0 aliphatic carbocycles. The van der Waals surface area contributed by atoms with E-state index in [0.29, 0.717) is 24.3 Å². The van der Waals surface area contributed by atoms with E-state index in [2.05, 4.69) is 5.32 Å². The zero-order chi connectivity index (χ0) is 18.1. The standard InChI is InChI=1S/C20H23NO4/c1-15-6-4-9-18(12-15)25-11-3-2-10-19(22)21-17-8-5-7-16(13-17)14-20(23)24/h4-9,12-13H,2-3,10-11,14H2,1H3,(H,21,22)(H,23,24). The van der Waals surface area contributed by atoms with Crippen LogP contribution in [0.25, 0.3) is 0 Å². The van der Waals surface area contributed by atoms with Crippen molar-refractivity contribution >= 4 is 17.6 Å². The van der Waals surface area contributed by atoms with Gasteiger partial charge in [0.05, 0.1) is 13.0 Å². The molecule has 2 rings (SSSR count). The van der Waals surface area contributed by atoms with Crippen LogP contribution in [0.15, 0.2) is 48.5 Å². The quantitative estimate of drug-likeness (QED) is 0.680. The second kappa shape index (κ2) is 9.47. The highest BCUT2D eigenvalue weighted by atomic mass is 16.5. The van der Waals surface area contributed by atoms with Crippen molar-refractivity contribution in [3.05, 3.63) is 59.7 Å². The number of aryl methyl sites for hydroxylation is 1. The Hall–Kier alpha value is -2.82. The van der Waals surface area contributed by atoms with Gasteiger partial charge in [-0.25, -0.2) is 0 Å². The number of carboxylic acid groups (broad SMARTS) is 1. The first kappa shape index (κ1) is 18.5. The van der Waals surface area contributed by atoms with Crippen molar-refractivity contribution in [2.24, 2.45) is 0 Å². The zero-order valence-corrected chi connectivity index (χ0v) is 14.3.